The largest absolute Gasteiger partial charge is 0.464 e. The Balaban J connectivity index is 2.06. The van der Waals surface area contributed by atoms with E-state index >= 15 is 0 Å². The Morgan fingerprint density at radius 2 is 1.68 bits per heavy atom. The van der Waals surface area contributed by atoms with Gasteiger partial charge in [0.2, 0.25) is 0 Å². The zero-order valence-electron chi connectivity index (χ0n) is 15.1. The van der Waals surface area contributed by atoms with Gasteiger partial charge in [0, 0.05) is 6.42 Å². The maximum absolute atomic E-state index is 11.6. The molecule has 5 nitrogen and oxygen atoms in total. The molecular formula is C20H30O5. The van der Waals surface area contributed by atoms with Gasteiger partial charge in [-0.1, -0.05) is 69.4 Å². The molecule has 0 heterocycles. The van der Waals surface area contributed by atoms with E-state index in [2.05, 4.69) is 6.92 Å². The number of ether oxygens (including phenoxy) is 2. The highest BCUT2D eigenvalue weighted by atomic mass is 16.5. The van der Waals surface area contributed by atoms with Crippen molar-refractivity contribution in [2.24, 2.45) is 0 Å². The molecular weight excluding hydrogens is 320 g/mol. The fourth-order valence-electron chi connectivity index (χ4n) is 2.33. The number of carbonyl (C=O) groups excluding carboxylic acids is 2. The van der Waals surface area contributed by atoms with E-state index < -0.39 is 18.0 Å². The van der Waals surface area contributed by atoms with Crippen LogP contribution in [0, 0.1) is 0 Å². The van der Waals surface area contributed by atoms with Crippen molar-refractivity contribution in [3.63, 3.8) is 0 Å². The number of aliphatic hydroxyl groups excluding tert-OH is 1. The number of aliphatic hydroxyl groups is 1. The molecule has 1 N–H and O–H groups in total. The normalized spacial score (nSPS) is 11.8. The van der Waals surface area contributed by atoms with Gasteiger partial charge in [-0.05, 0) is 18.4 Å². The molecule has 0 fully saturated rings. The first kappa shape index (κ1) is 21.2. The summed E-state index contributed by atoms with van der Waals surface area (Å²) in [5, 5.41) is 9.74. The van der Waals surface area contributed by atoms with Crippen LogP contribution in [0.4, 0.5) is 0 Å². The van der Waals surface area contributed by atoms with Gasteiger partial charge in [0.1, 0.15) is 6.61 Å². The lowest BCUT2D eigenvalue weighted by Crippen LogP contribution is -2.24. The third kappa shape index (κ3) is 10.6. The second kappa shape index (κ2) is 13.4. The molecule has 1 rings (SSSR count). The quantitative estimate of drug-likeness (QED) is 0.433. The Morgan fingerprint density at radius 3 is 2.40 bits per heavy atom. The number of benzene rings is 1. The summed E-state index contributed by atoms with van der Waals surface area (Å²) in [4.78, 5) is 23.3. The van der Waals surface area contributed by atoms with Gasteiger partial charge in [0.05, 0.1) is 6.61 Å². The van der Waals surface area contributed by atoms with Crippen molar-refractivity contribution in [2.45, 2.75) is 71.0 Å². The third-order valence-electron chi connectivity index (χ3n) is 3.88. The molecule has 1 unspecified atom stereocenters. The van der Waals surface area contributed by atoms with Crippen LogP contribution in [0.5, 0.6) is 0 Å². The number of unbranched alkanes of at least 4 members (excludes halogenated alkanes) is 5. The summed E-state index contributed by atoms with van der Waals surface area (Å²) < 4.78 is 10.1. The van der Waals surface area contributed by atoms with Crippen LogP contribution >= 0.6 is 0 Å². The monoisotopic (exact) mass is 350 g/mol. The first-order chi connectivity index (χ1) is 12.1. The highest BCUT2D eigenvalue weighted by molar-refractivity contribution is 5.76. The van der Waals surface area contributed by atoms with Gasteiger partial charge < -0.3 is 14.6 Å². The van der Waals surface area contributed by atoms with Crippen molar-refractivity contribution in [3.05, 3.63) is 35.9 Å². The van der Waals surface area contributed by atoms with Crippen LogP contribution in [0.25, 0.3) is 0 Å². The summed E-state index contributed by atoms with van der Waals surface area (Å²) in [6.45, 7) is 2.68. The standard InChI is InChI=1S/C20H30O5/c1-2-3-4-5-6-10-15-24-20(23)18(21)13-14-19(22)25-16-17-11-8-7-9-12-17/h7-9,11-12,18,21H,2-6,10,13-16H2,1H3. The maximum Gasteiger partial charge on any atom is 0.334 e. The summed E-state index contributed by atoms with van der Waals surface area (Å²) in [6.07, 6.45) is 5.34. The van der Waals surface area contributed by atoms with Crippen molar-refractivity contribution in [3.8, 4) is 0 Å². The molecule has 5 heteroatoms. The van der Waals surface area contributed by atoms with E-state index in [-0.39, 0.29) is 19.4 Å². The lowest BCUT2D eigenvalue weighted by atomic mass is 10.1. The van der Waals surface area contributed by atoms with Crippen LogP contribution in [0.3, 0.4) is 0 Å². The molecule has 1 atom stereocenters. The zero-order valence-corrected chi connectivity index (χ0v) is 15.1. The Bertz CT molecular complexity index is 486. The van der Waals surface area contributed by atoms with E-state index in [9.17, 15) is 14.7 Å². The lowest BCUT2D eigenvalue weighted by Gasteiger charge is -2.10. The van der Waals surface area contributed by atoms with E-state index in [0.29, 0.717) is 6.61 Å². The van der Waals surface area contributed by atoms with Crippen molar-refractivity contribution < 1.29 is 24.2 Å². The predicted molar refractivity (Wildman–Crippen MR) is 95.8 cm³/mol. The zero-order chi connectivity index (χ0) is 18.3. The molecule has 0 amide bonds. The average molecular weight is 350 g/mol. The smallest absolute Gasteiger partial charge is 0.334 e. The van der Waals surface area contributed by atoms with Crippen LogP contribution in [-0.2, 0) is 25.7 Å². The van der Waals surface area contributed by atoms with Crippen molar-refractivity contribution in [2.75, 3.05) is 6.61 Å². The Hall–Kier alpha value is -1.88. The number of rotatable bonds is 13. The van der Waals surface area contributed by atoms with E-state index in [4.69, 9.17) is 9.47 Å². The second-order valence-electron chi connectivity index (χ2n) is 6.14. The van der Waals surface area contributed by atoms with E-state index in [0.717, 1.165) is 24.8 Å². The third-order valence-corrected chi connectivity index (χ3v) is 3.88. The molecule has 25 heavy (non-hydrogen) atoms. The fourth-order valence-corrected chi connectivity index (χ4v) is 2.33. The molecule has 0 aliphatic rings. The van der Waals surface area contributed by atoms with Crippen LogP contribution in [0.1, 0.15) is 63.9 Å². The number of hydrogen-bond donors (Lipinski definition) is 1. The molecule has 0 aromatic heterocycles. The van der Waals surface area contributed by atoms with Gasteiger partial charge in [0.15, 0.2) is 6.10 Å². The first-order valence-corrected chi connectivity index (χ1v) is 9.17. The van der Waals surface area contributed by atoms with Crippen molar-refractivity contribution in [1.29, 1.82) is 0 Å². The summed E-state index contributed by atoms with van der Waals surface area (Å²) in [7, 11) is 0. The summed E-state index contributed by atoms with van der Waals surface area (Å²) in [6, 6.07) is 9.35. The Kier molecular flexibility index (Phi) is 11.4. The molecule has 1 aromatic rings. The fraction of sp³-hybridized carbons (Fsp3) is 0.600. The van der Waals surface area contributed by atoms with Gasteiger partial charge in [-0.25, -0.2) is 4.79 Å². The molecule has 0 bridgehead atoms. The minimum Gasteiger partial charge on any atom is -0.464 e. The van der Waals surface area contributed by atoms with Gasteiger partial charge in [0.25, 0.3) is 0 Å². The highest BCUT2D eigenvalue weighted by Crippen LogP contribution is 2.07. The lowest BCUT2D eigenvalue weighted by molar-refractivity contribution is -0.155. The van der Waals surface area contributed by atoms with Crippen LogP contribution < -0.4 is 0 Å². The van der Waals surface area contributed by atoms with Gasteiger partial charge in [-0.3, -0.25) is 4.79 Å². The average Bonchev–Trinajstić information content (AvgIpc) is 2.64. The first-order valence-electron chi connectivity index (χ1n) is 9.17. The minimum atomic E-state index is -1.27. The van der Waals surface area contributed by atoms with E-state index in [1.165, 1.54) is 19.3 Å². The SMILES string of the molecule is CCCCCCCCOC(=O)C(O)CCC(=O)OCc1ccccc1. The molecule has 1 aromatic carbocycles. The molecule has 0 saturated heterocycles. The number of hydrogen-bond acceptors (Lipinski definition) is 5. The van der Waals surface area contributed by atoms with Crippen molar-refractivity contribution >= 4 is 11.9 Å². The van der Waals surface area contributed by atoms with Crippen LogP contribution in [0.15, 0.2) is 30.3 Å². The summed E-state index contributed by atoms with van der Waals surface area (Å²) in [5.41, 5.74) is 0.898. The predicted octanol–water partition coefficient (Wildman–Crippen LogP) is 3.77. The van der Waals surface area contributed by atoms with E-state index in [1.54, 1.807) is 0 Å². The Morgan fingerprint density at radius 1 is 1.00 bits per heavy atom. The number of esters is 2. The molecule has 140 valence electrons. The topological polar surface area (TPSA) is 72.8 Å². The molecule has 0 aliphatic carbocycles. The van der Waals surface area contributed by atoms with Gasteiger partial charge >= 0.3 is 11.9 Å². The molecule has 0 aliphatic heterocycles. The van der Waals surface area contributed by atoms with Crippen LogP contribution in [0.2, 0.25) is 0 Å². The molecule has 0 saturated carbocycles. The molecule has 0 radical (unpaired) electrons. The van der Waals surface area contributed by atoms with Crippen LogP contribution in [-0.4, -0.2) is 29.8 Å². The second-order valence-corrected chi connectivity index (χ2v) is 6.14. The summed E-state index contributed by atoms with van der Waals surface area (Å²) in [5.74, 6) is -1.10. The molecule has 0 spiro atoms. The minimum absolute atomic E-state index is 0.0138. The van der Waals surface area contributed by atoms with Gasteiger partial charge in [-0.2, -0.15) is 0 Å². The van der Waals surface area contributed by atoms with Crippen molar-refractivity contribution in [1.82, 2.24) is 0 Å². The van der Waals surface area contributed by atoms with E-state index in [1.807, 2.05) is 30.3 Å². The number of carbonyl (C=O) groups is 2. The van der Waals surface area contributed by atoms with Gasteiger partial charge in [-0.15, -0.1) is 0 Å². The summed E-state index contributed by atoms with van der Waals surface area (Å²) >= 11 is 0. The maximum atomic E-state index is 11.6. The Labute approximate surface area is 150 Å². The highest BCUT2D eigenvalue weighted by Gasteiger charge is 2.18.